The number of ether oxygens (including phenoxy) is 1. The molecule has 0 aliphatic carbocycles. The van der Waals surface area contributed by atoms with Crippen LogP contribution in [0.1, 0.15) is 56.0 Å². The maximum absolute atomic E-state index is 12.9. The number of alkyl carbamates (subject to hydrolysis) is 1. The van der Waals surface area contributed by atoms with E-state index < -0.39 is 11.6 Å². The van der Waals surface area contributed by atoms with Crippen molar-refractivity contribution in [2.75, 3.05) is 44.2 Å². The molecule has 4 rings (SSSR count). The summed E-state index contributed by atoms with van der Waals surface area (Å²) >= 11 is 0. The molecule has 0 bridgehead atoms. The van der Waals surface area contributed by atoms with E-state index in [0.29, 0.717) is 25.1 Å². The zero-order valence-electron chi connectivity index (χ0n) is 20.8. The summed E-state index contributed by atoms with van der Waals surface area (Å²) in [6.45, 7) is 11.0. The highest BCUT2D eigenvalue weighted by Crippen LogP contribution is 2.31. The smallest absolute Gasteiger partial charge is 0.407 e. The molecule has 1 atom stereocenters. The van der Waals surface area contributed by atoms with Crippen LogP contribution in [-0.2, 0) is 20.9 Å². The maximum Gasteiger partial charge on any atom is 0.407 e. The molecule has 3 aliphatic rings. The standard InChI is InChI=1S/C25H35N5O5/c1-25(2,3)35-24(34)26-9-4-10-28-11-13-29(14-12-28)18-5-6-19-17(15-18)16-30(23(19)33)20-7-8-21(31)27-22(20)32/h5-6,15,20H,4,7-14,16H2,1-3H3,(H,26,34)(H,27,31,32). The fraction of sp³-hybridized carbons (Fsp3) is 0.600. The predicted octanol–water partition coefficient (Wildman–Crippen LogP) is 1.48. The minimum atomic E-state index is -0.593. The number of piperazine rings is 1. The van der Waals surface area contributed by atoms with Crippen LogP contribution in [0, 0.1) is 0 Å². The fourth-order valence-corrected chi connectivity index (χ4v) is 4.79. The average Bonchev–Trinajstić information content (AvgIpc) is 3.11. The van der Waals surface area contributed by atoms with Crippen LogP contribution in [0.15, 0.2) is 18.2 Å². The highest BCUT2D eigenvalue weighted by atomic mass is 16.6. The third-order valence-corrected chi connectivity index (χ3v) is 6.56. The van der Waals surface area contributed by atoms with Gasteiger partial charge in [0.1, 0.15) is 11.6 Å². The van der Waals surface area contributed by atoms with E-state index in [4.69, 9.17) is 4.74 Å². The first-order valence-electron chi connectivity index (χ1n) is 12.3. The molecule has 0 spiro atoms. The van der Waals surface area contributed by atoms with Crippen LogP contribution in [0.3, 0.4) is 0 Å². The van der Waals surface area contributed by atoms with Gasteiger partial charge in [0.15, 0.2) is 0 Å². The van der Waals surface area contributed by atoms with Gasteiger partial charge in [-0.25, -0.2) is 4.79 Å². The van der Waals surface area contributed by atoms with Crippen LogP contribution in [0.5, 0.6) is 0 Å². The highest BCUT2D eigenvalue weighted by Gasteiger charge is 2.39. The van der Waals surface area contributed by atoms with E-state index in [1.807, 2.05) is 32.9 Å². The molecule has 0 saturated carbocycles. The Balaban J connectivity index is 1.24. The first-order chi connectivity index (χ1) is 16.6. The SMILES string of the molecule is CC(C)(C)OC(=O)NCCCN1CCN(c2ccc3c(c2)CN(C2CCC(=O)NC2=O)C3=O)CC1. The minimum absolute atomic E-state index is 0.147. The van der Waals surface area contributed by atoms with Crippen LogP contribution in [0.2, 0.25) is 0 Å². The Bertz CT molecular complexity index is 996. The number of nitrogens with zero attached hydrogens (tertiary/aromatic N) is 3. The Kier molecular flexibility index (Phi) is 7.30. The summed E-state index contributed by atoms with van der Waals surface area (Å²) in [6, 6.07) is 5.29. The summed E-state index contributed by atoms with van der Waals surface area (Å²) in [4.78, 5) is 54.6. The molecule has 2 N–H and O–H groups in total. The van der Waals surface area contributed by atoms with Gasteiger partial charge in [0, 0.05) is 56.9 Å². The summed E-state index contributed by atoms with van der Waals surface area (Å²) in [5.74, 6) is -0.818. The van der Waals surface area contributed by atoms with Crippen molar-refractivity contribution in [3.05, 3.63) is 29.3 Å². The second-order valence-electron chi connectivity index (χ2n) is 10.4. The third-order valence-electron chi connectivity index (χ3n) is 6.56. The average molecular weight is 486 g/mol. The molecule has 3 aliphatic heterocycles. The van der Waals surface area contributed by atoms with Crippen molar-refractivity contribution in [3.8, 4) is 0 Å². The predicted molar refractivity (Wildman–Crippen MR) is 130 cm³/mol. The molecule has 4 amide bonds. The first-order valence-corrected chi connectivity index (χ1v) is 12.3. The topological polar surface area (TPSA) is 111 Å². The van der Waals surface area contributed by atoms with Gasteiger partial charge in [0.05, 0.1) is 0 Å². The van der Waals surface area contributed by atoms with Gasteiger partial charge in [0.25, 0.3) is 5.91 Å². The number of carbonyl (C=O) groups is 4. The summed E-state index contributed by atoms with van der Waals surface area (Å²) in [5, 5.41) is 5.14. The van der Waals surface area contributed by atoms with E-state index >= 15 is 0 Å². The van der Waals surface area contributed by atoms with Crippen molar-refractivity contribution in [1.29, 1.82) is 0 Å². The minimum Gasteiger partial charge on any atom is -0.444 e. The van der Waals surface area contributed by atoms with E-state index in [0.717, 1.165) is 50.4 Å². The molecule has 0 aromatic heterocycles. The summed E-state index contributed by atoms with van der Waals surface area (Å²) in [6.07, 6.45) is 1.10. The second kappa shape index (κ2) is 10.2. The molecule has 35 heavy (non-hydrogen) atoms. The monoisotopic (exact) mass is 485 g/mol. The van der Waals surface area contributed by atoms with Crippen molar-refractivity contribution in [1.82, 2.24) is 20.4 Å². The largest absolute Gasteiger partial charge is 0.444 e. The lowest BCUT2D eigenvalue weighted by atomic mass is 10.0. The number of hydrogen-bond donors (Lipinski definition) is 2. The molecule has 190 valence electrons. The molecule has 0 radical (unpaired) electrons. The lowest BCUT2D eigenvalue weighted by molar-refractivity contribution is -0.136. The number of imide groups is 1. The van der Waals surface area contributed by atoms with E-state index in [-0.39, 0.29) is 30.2 Å². The Hall–Kier alpha value is -3.14. The normalized spacial score (nSPS) is 21.1. The van der Waals surface area contributed by atoms with Crippen molar-refractivity contribution >= 4 is 29.5 Å². The van der Waals surface area contributed by atoms with E-state index in [2.05, 4.69) is 26.5 Å². The van der Waals surface area contributed by atoms with E-state index in [9.17, 15) is 19.2 Å². The van der Waals surface area contributed by atoms with Crippen LogP contribution in [0.4, 0.5) is 10.5 Å². The van der Waals surface area contributed by atoms with Crippen molar-refractivity contribution in [3.63, 3.8) is 0 Å². The molecule has 10 nitrogen and oxygen atoms in total. The molecule has 1 aromatic rings. The third kappa shape index (κ3) is 6.11. The van der Waals surface area contributed by atoms with Crippen LogP contribution < -0.4 is 15.5 Å². The lowest BCUT2D eigenvalue weighted by Gasteiger charge is -2.36. The fourth-order valence-electron chi connectivity index (χ4n) is 4.79. The summed E-state index contributed by atoms with van der Waals surface area (Å²) < 4.78 is 5.25. The van der Waals surface area contributed by atoms with Crippen LogP contribution >= 0.6 is 0 Å². The number of nitrogens with one attached hydrogen (secondary N) is 2. The van der Waals surface area contributed by atoms with E-state index in [1.165, 1.54) is 0 Å². The van der Waals surface area contributed by atoms with Crippen molar-refractivity contribution < 1.29 is 23.9 Å². The number of carbonyl (C=O) groups excluding carboxylic acids is 4. The Morgan fingerprint density at radius 2 is 1.89 bits per heavy atom. The molecular weight excluding hydrogens is 450 g/mol. The van der Waals surface area contributed by atoms with Gasteiger partial charge in [-0.15, -0.1) is 0 Å². The molecular formula is C25H35N5O5. The van der Waals surface area contributed by atoms with Gasteiger partial charge >= 0.3 is 6.09 Å². The zero-order valence-corrected chi connectivity index (χ0v) is 20.8. The Morgan fingerprint density at radius 1 is 1.14 bits per heavy atom. The lowest BCUT2D eigenvalue weighted by Crippen LogP contribution is -2.52. The van der Waals surface area contributed by atoms with Crippen molar-refractivity contribution in [2.24, 2.45) is 0 Å². The number of amides is 4. The first kappa shape index (κ1) is 25.0. The Labute approximate surface area is 205 Å². The molecule has 3 heterocycles. The quantitative estimate of drug-likeness (QED) is 0.464. The van der Waals surface area contributed by atoms with Gasteiger partial charge in [-0.1, -0.05) is 0 Å². The molecule has 2 fully saturated rings. The number of anilines is 1. The zero-order chi connectivity index (χ0) is 25.2. The molecule has 1 aromatic carbocycles. The van der Waals surface area contributed by atoms with Gasteiger partial charge in [-0.05, 0) is 63.9 Å². The van der Waals surface area contributed by atoms with Crippen LogP contribution in [-0.4, -0.2) is 84.5 Å². The number of hydrogen-bond acceptors (Lipinski definition) is 7. The number of benzene rings is 1. The number of piperidine rings is 1. The van der Waals surface area contributed by atoms with E-state index in [1.54, 1.807) is 4.90 Å². The number of fused-ring (bicyclic) bond motifs is 1. The van der Waals surface area contributed by atoms with Gasteiger partial charge in [-0.3, -0.25) is 24.6 Å². The second-order valence-corrected chi connectivity index (χ2v) is 10.4. The van der Waals surface area contributed by atoms with Gasteiger partial charge in [0.2, 0.25) is 11.8 Å². The number of rotatable bonds is 6. The summed E-state index contributed by atoms with van der Waals surface area (Å²) in [5.41, 5.74) is 2.14. The Morgan fingerprint density at radius 3 is 2.57 bits per heavy atom. The van der Waals surface area contributed by atoms with Crippen molar-refractivity contribution in [2.45, 2.75) is 58.2 Å². The van der Waals surface area contributed by atoms with Gasteiger partial charge in [-0.2, -0.15) is 0 Å². The van der Waals surface area contributed by atoms with Crippen LogP contribution in [0.25, 0.3) is 0 Å². The highest BCUT2D eigenvalue weighted by molar-refractivity contribution is 6.05. The molecule has 1 unspecified atom stereocenters. The molecule has 10 heteroatoms. The van der Waals surface area contributed by atoms with Gasteiger partial charge < -0.3 is 19.9 Å². The molecule has 2 saturated heterocycles. The summed E-state index contributed by atoms with van der Waals surface area (Å²) in [7, 11) is 0. The maximum atomic E-state index is 12.9.